The van der Waals surface area contributed by atoms with Crippen LogP contribution in [-0.2, 0) is 4.79 Å². The Balaban J connectivity index is 2.65. The van der Waals surface area contributed by atoms with Gasteiger partial charge in [0.2, 0.25) is 5.91 Å². The molecule has 1 amide bonds. The molecular weight excluding hydrogens is 248 g/mol. The Labute approximate surface area is 114 Å². The molecule has 3 nitrogen and oxygen atoms in total. The number of nitrogens with two attached hydrogens (primary N) is 1. The van der Waals surface area contributed by atoms with Crippen LogP contribution in [0.3, 0.4) is 0 Å². The standard InChI is InChI=1S/C14H21ClN2O/c1-4-9(2)13(16)14(18)17-10(3)11-6-5-7-12(15)8-11/h5-10,13H,4,16H2,1-3H3,(H,17,18)/t9?,10-,13+/m1/s1. The van der Waals surface area contributed by atoms with Gasteiger partial charge in [-0.15, -0.1) is 0 Å². The number of carbonyl (C=O) groups excluding carboxylic acids is 1. The minimum atomic E-state index is -0.461. The van der Waals surface area contributed by atoms with Crippen LogP contribution in [0, 0.1) is 5.92 Å². The van der Waals surface area contributed by atoms with Gasteiger partial charge >= 0.3 is 0 Å². The van der Waals surface area contributed by atoms with Crippen LogP contribution < -0.4 is 11.1 Å². The van der Waals surface area contributed by atoms with Gasteiger partial charge in [-0.3, -0.25) is 4.79 Å². The maximum absolute atomic E-state index is 11.9. The van der Waals surface area contributed by atoms with Gasteiger partial charge in [0.1, 0.15) is 0 Å². The van der Waals surface area contributed by atoms with Crippen LogP contribution >= 0.6 is 11.6 Å². The first-order valence-corrected chi connectivity index (χ1v) is 6.65. The molecule has 0 aliphatic heterocycles. The van der Waals surface area contributed by atoms with E-state index in [1.54, 1.807) is 0 Å². The Morgan fingerprint density at radius 2 is 2.11 bits per heavy atom. The van der Waals surface area contributed by atoms with E-state index >= 15 is 0 Å². The van der Waals surface area contributed by atoms with Gasteiger partial charge in [0.25, 0.3) is 0 Å². The van der Waals surface area contributed by atoms with E-state index in [1.165, 1.54) is 0 Å². The highest BCUT2D eigenvalue weighted by Gasteiger charge is 2.21. The topological polar surface area (TPSA) is 55.1 Å². The predicted molar refractivity (Wildman–Crippen MR) is 75.4 cm³/mol. The van der Waals surface area contributed by atoms with Gasteiger partial charge in [-0.25, -0.2) is 0 Å². The number of hydrogen-bond donors (Lipinski definition) is 2. The second kappa shape index (κ2) is 6.76. The summed E-state index contributed by atoms with van der Waals surface area (Å²) in [6.07, 6.45) is 0.889. The van der Waals surface area contributed by atoms with Crippen molar-refractivity contribution in [1.82, 2.24) is 5.32 Å². The lowest BCUT2D eigenvalue weighted by Gasteiger charge is -2.21. The van der Waals surface area contributed by atoms with Crippen molar-refractivity contribution in [2.24, 2.45) is 11.7 Å². The number of rotatable bonds is 5. The van der Waals surface area contributed by atoms with Crippen molar-refractivity contribution < 1.29 is 4.79 Å². The second-order valence-corrected chi connectivity index (χ2v) is 5.13. The molecule has 0 radical (unpaired) electrons. The summed E-state index contributed by atoms with van der Waals surface area (Å²) in [5.74, 6) is 0.0633. The quantitative estimate of drug-likeness (QED) is 0.863. The van der Waals surface area contributed by atoms with Crippen LogP contribution in [0.2, 0.25) is 5.02 Å². The van der Waals surface area contributed by atoms with Crippen molar-refractivity contribution in [2.75, 3.05) is 0 Å². The fourth-order valence-electron chi connectivity index (χ4n) is 1.68. The Hall–Kier alpha value is -1.06. The van der Waals surface area contributed by atoms with Crippen LogP contribution in [-0.4, -0.2) is 11.9 Å². The molecule has 0 saturated carbocycles. The SMILES string of the molecule is CCC(C)[C@H](N)C(=O)N[C@H](C)c1cccc(Cl)c1. The van der Waals surface area contributed by atoms with E-state index in [0.29, 0.717) is 5.02 Å². The third-order valence-electron chi connectivity index (χ3n) is 3.27. The number of amides is 1. The molecule has 4 heteroatoms. The van der Waals surface area contributed by atoms with Gasteiger partial charge in [0.05, 0.1) is 12.1 Å². The van der Waals surface area contributed by atoms with E-state index in [4.69, 9.17) is 17.3 Å². The molecule has 0 aromatic heterocycles. The number of halogens is 1. The van der Waals surface area contributed by atoms with Crippen LogP contribution in [0.1, 0.15) is 38.8 Å². The summed E-state index contributed by atoms with van der Waals surface area (Å²) in [5.41, 5.74) is 6.87. The first-order chi connectivity index (χ1) is 8.45. The second-order valence-electron chi connectivity index (χ2n) is 4.70. The van der Waals surface area contributed by atoms with Crippen LogP contribution in [0.25, 0.3) is 0 Å². The molecule has 0 heterocycles. The summed E-state index contributed by atoms with van der Waals surface area (Å²) in [6, 6.07) is 6.91. The van der Waals surface area contributed by atoms with Gasteiger partial charge in [0, 0.05) is 5.02 Å². The molecule has 0 aliphatic carbocycles. The molecular formula is C14H21ClN2O. The van der Waals surface area contributed by atoms with Crippen molar-refractivity contribution in [3.05, 3.63) is 34.9 Å². The molecule has 3 atom stereocenters. The summed E-state index contributed by atoms with van der Waals surface area (Å²) < 4.78 is 0. The average molecular weight is 269 g/mol. The summed E-state index contributed by atoms with van der Waals surface area (Å²) in [7, 11) is 0. The van der Waals surface area contributed by atoms with Crippen LogP contribution in [0.4, 0.5) is 0 Å². The van der Waals surface area contributed by atoms with E-state index in [-0.39, 0.29) is 17.9 Å². The Morgan fingerprint density at radius 3 is 2.67 bits per heavy atom. The summed E-state index contributed by atoms with van der Waals surface area (Å²) in [4.78, 5) is 11.9. The molecule has 0 spiro atoms. The maximum Gasteiger partial charge on any atom is 0.237 e. The minimum absolute atomic E-state index is 0.0914. The van der Waals surface area contributed by atoms with Gasteiger partial charge in [-0.2, -0.15) is 0 Å². The van der Waals surface area contributed by atoms with E-state index in [2.05, 4.69) is 5.32 Å². The zero-order chi connectivity index (χ0) is 13.7. The molecule has 0 fully saturated rings. The number of carbonyl (C=O) groups is 1. The smallest absolute Gasteiger partial charge is 0.237 e. The highest BCUT2D eigenvalue weighted by atomic mass is 35.5. The summed E-state index contributed by atoms with van der Waals surface area (Å²) >= 11 is 5.92. The lowest BCUT2D eigenvalue weighted by Crippen LogP contribution is -2.45. The number of nitrogens with one attached hydrogen (secondary N) is 1. The zero-order valence-corrected chi connectivity index (χ0v) is 11.9. The van der Waals surface area contributed by atoms with Gasteiger partial charge < -0.3 is 11.1 Å². The lowest BCUT2D eigenvalue weighted by molar-refractivity contribution is -0.124. The highest BCUT2D eigenvalue weighted by molar-refractivity contribution is 6.30. The van der Waals surface area contributed by atoms with Crippen molar-refractivity contribution in [2.45, 2.75) is 39.3 Å². The Morgan fingerprint density at radius 1 is 1.44 bits per heavy atom. The molecule has 18 heavy (non-hydrogen) atoms. The minimum Gasteiger partial charge on any atom is -0.348 e. The summed E-state index contributed by atoms with van der Waals surface area (Å²) in [6.45, 7) is 5.93. The highest BCUT2D eigenvalue weighted by Crippen LogP contribution is 2.17. The molecule has 0 bridgehead atoms. The average Bonchev–Trinajstić information content (AvgIpc) is 2.36. The van der Waals surface area contributed by atoms with Crippen molar-refractivity contribution in [1.29, 1.82) is 0 Å². The van der Waals surface area contributed by atoms with Crippen LogP contribution in [0.5, 0.6) is 0 Å². The normalized spacial score (nSPS) is 15.8. The van der Waals surface area contributed by atoms with E-state index in [1.807, 2.05) is 45.0 Å². The first kappa shape index (κ1) is 15.0. The van der Waals surface area contributed by atoms with Gasteiger partial charge in [-0.1, -0.05) is 44.0 Å². The molecule has 1 rings (SSSR count). The Bertz CT molecular complexity index is 409. The largest absolute Gasteiger partial charge is 0.348 e. The first-order valence-electron chi connectivity index (χ1n) is 6.27. The summed E-state index contributed by atoms with van der Waals surface area (Å²) in [5, 5.41) is 3.58. The van der Waals surface area contributed by atoms with Gasteiger partial charge in [0.15, 0.2) is 0 Å². The lowest BCUT2D eigenvalue weighted by atomic mass is 9.98. The zero-order valence-electron chi connectivity index (χ0n) is 11.1. The fraction of sp³-hybridized carbons (Fsp3) is 0.500. The van der Waals surface area contributed by atoms with E-state index in [0.717, 1.165) is 12.0 Å². The third kappa shape index (κ3) is 4.00. The van der Waals surface area contributed by atoms with Crippen molar-refractivity contribution in [3.8, 4) is 0 Å². The Kier molecular flexibility index (Phi) is 5.63. The molecule has 1 unspecified atom stereocenters. The molecule has 0 aliphatic rings. The third-order valence-corrected chi connectivity index (χ3v) is 3.50. The predicted octanol–water partition coefficient (Wildman–Crippen LogP) is 2.89. The fourth-order valence-corrected chi connectivity index (χ4v) is 1.88. The van der Waals surface area contributed by atoms with Gasteiger partial charge in [-0.05, 0) is 30.5 Å². The molecule has 1 aromatic rings. The van der Waals surface area contributed by atoms with E-state index in [9.17, 15) is 4.79 Å². The number of hydrogen-bond acceptors (Lipinski definition) is 2. The molecule has 1 aromatic carbocycles. The maximum atomic E-state index is 11.9. The monoisotopic (exact) mass is 268 g/mol. The van der Waals surface area contributed by atoms with E-state index < -0.39 is 6.04 Å². The molecule has 3 N–H and O–H groups in total. The van der Waals surface area contributed by atoms with Crippen molar-refractivity contribution >= 4 is 17.5 Å². The molecule has 100 valence electrons. The van der Waals surface area contributed by atoms with Crippen LogP contribution in [0.15, 0.2) is 24.3 Å². The van der Waals surface area contributed by atoms with Crippen molar-refractivity contribution in [3.63, 3.8) is 0 Å². The molecule has 0 saturated heterocycles. The number of benzene rings is 1.